The first-order chi connectivity index (χ1) is 5.33. The van der Waals surface area contributed by atoms with Crippen molar-refractivity contribution in [3.8, 4) is 0 Å². The highest BCUT2D eigenvalue weighted by Gasteiger charge is 1.96. The second-order valence-corrected chi connectivity index (χ2v) is 2.28. The molecule has 0 aliphatic rings. The molecule has 0 spiro atoms. The van der Waals surface area contributed by atoms with Crippen molar-refractivity contribution >= 4 is 17.7 Å². The molecule has 57 valence electrons. The van der Waals surface area contributed by atoms with E-state index in [4.69, 9.17) is 0 Å². The maximum absolute atomic E-state index is 12.4. The quantitative estimate of drug-likeness (QED) is 0.387. The normalized spacial score (nSPS) is 9.18. The van der Waals surface area contributed by atoms with Gasteiger partial charge < -0.3 is 0 Å². The number of rotatable bonds is 3. The molecule has 1 radical (unpaired) electrons. The molecule has 0 aliphatic carbocycles. The summed E-state index contributed by atoms with van der Waals surface area (Å²) in [5.74, 6) is 0. The monoisotopic (exact) mass is 168 g/mol. The molecular formula is C8H7FNS. The summed E-state index contributed by atoms with van der Waals surface area (Å²) in [5.41, 5.74) is 2.85. The van der Waals surface area contributed by atoms with Crippen LogP contribution in [-0.2, 0) is 6.54 Å². The lowest BCUT2D eigenvalue weighted by Gasteiger charge is -2.04. The van der Waals surface area contributed by atoms with E-state index < -0.39 is 0 Å². The molecular weight excluding hydrogens is 161 g/mol. The molecule has 0 heterocycles. The van der Waals surface area contributed by atoms with E-state index in [0.717, 1.165) is 5.56 Å². The van der Waals surface area contributed by atoms with Gasteiger partial charge >= 0.3 is 0 Å². The number of halogens is 1. The number of hydrogen-bond donors (Lipinski definition) is 0. The molecule has 0 fully saturated rings. The van der Waals surface area contributed by atoms with Gasteiger partial charge in [-0.2, -0.15) is 5.12 Å². The highest BCUT2D eigenvalue weighted by Crippen LogP contribution is 2.02. The van der Waals surface area contributed by atoms with Gasteiger partial charge in [-0.05, 0) is 5.56 Å². The number of thiocarbonyl (C=S) groups is 1. The fourth-order valence-electron chi connectivity index (χ4n) is 0.776. The summed E-state index contributed by atoms with van der Waals surface area (Å²) in [6.07, 6.45) is 0. The summed E-state index contributed by atoms with van der Waals surface area (Å²) < 4.78 is 12.4. The zero-order chi connectivity index (χ0) is 8.10. The Balaban J connectivity index is 2.57. The van der Waals surface area contributed by atoms with Crippen LogP contribution in [-0.4, -0.2) is 10.6 Å². The van der Waals surface area contributed by atoms with Crippen molar-refractivity contribution in [2.45, 2.75) is 6.54 Å². The Kier molecular flexibility index (Phi) is 2.98. The van der Waals surface area contributed by atoms with E-state index in [1.54, 1.807) is 0 Å². The van der Waals surface area contributed by atoms with Gasteiger partial charge in [0, 0.05) is 0 Å². The molecule has 1 aromatic rings. The van der Waals surface area contributed by atoms with Gasteiger partial charge in [0.25, 0.3) is 0 Å². The summed E-state index contributed by atoms with van der Waals surface area (Å²) in [7, 11) is 0. The van der Waals surface area contributed by atoms with E-state index >= 15 is 0 Å². The zero-order valence-corrected chi connectivity index (χ0v) is 6.64. The lowest BCUT2D eigenvalue weighted by molar-refractivity contribution is 0.123. The fraction of sp³-hybridized carbons (Fsp3) is 0.125. The Morgan fingerprint density at radius 1 is 1.36 bits per heavy atom. The Labute approximate surface area is 70.4 Å². The minimum atomic E-state index is 0.171. The minimum Gasteiger partial charge on any atom is -0.193 e. The van der Waals surface area contributed by atoms with Gasteiger partial charge in [-0.15, -0.1) is 0 Å². The average molecular weight is 168 g/mol. The van der Waals surface area contributed by atoms with E-state index in [2.05, 4.69) is 12.2 Å². The molecule has 3 heteroatoms. The lowest BCUT2D eigenvalue weighted by atomic mass is 10.2. The van der Waals surface area contributed by atoms with Crippen LogP contribution in [0, 0.1) is 0 Å². The first-order valence-electron chi connectivity index (χ1n) is 3.18. The smallest absolute Gasteiger partial charge is 0.169 e. The minimum absolute atomic E-state index is 0.171. The summed E-state index contributed by atoms with van der Waals surface area (Å²) in [5, 5.41) is 0.352. The van der Waals surface area contributed by atoms with Crippen LogP contribution in [0.15, 0.2) is 30.3 Å². The van der Waals surface area contributed by atoms with Gasteiger partial charge in [-0.3, -0.25) is 0 Å². The third kappa shape index (κ3) is 2.63. The summed E-state index contributed by atoms with van der Waals surface area (Å²) in [6, 6.07) is 9.25. The van der Waals surface area contributed by atoms with E-state index in [-0.39, 0.29) is 6.54 Å². The van der Waals surface area contributed by atoms with Crippen molar-refractivity contribution in [1.29, 1.82) is 0 Å². The zero-order valence-electron chi connectivity index (χ0n) is 5.83. The van der Waals surface area contributed by atoms with Crippen molar-refractivity contribution in [2.24, 2.45) is 0 Å². The molecule has 0 aliphatic heterocycles. The Bertz CT molecular complexity index is 225. The molecule has 0 atom stereocenters. The van der Waals surface area contributed by atoms with Crippen molar-refractivity contribution < 1.29 is 4.48 Å². The molecule has 0 N–H and O–H groups in total. The molecule has 0 saturated carbocycles. The van der Waals surface area contributed by atoms with Gasteiger partial charge in [-0.1, -0.05) is 47.0 Å². The predicted octanol–water partition coefficient (Wildman–Crippen LogP) is 2.21. The van der Waals surface area contributed by atoms with Crippen LogP contribution in [0.1, 0.15) is 5.56 Å². The third-order valence-electron chi connectivity index (χ3n) is 1.26. The molecule has 0 bridgehead atoms. The number of benzene rings is 1. The third-order valence-corrected chi connectivity index (χ3v) is 1.46. The molecule has 1 rings (SSSR count). The van der Waals surface area contributed by atoms with Crippen LogP contribution in [0.25, 0.3) is 0 Å². The second kappa shape index (κ2) is 4.03. The Hall–Kier alpha value is -0.960. The van der Waals surface area contributed by atoms with E-state index in [0.29, 0.717) is 5.12 Å². The van der Waals surface area contributed by atoms with Crippen LogP contribution in [0.4, 0.5) is 4.48 Å². The molecule has 0 amide bonds. The molecule has 1 aromatic carbocycles. The van der Waals surface area contributed by atoms with Crippen molar-refractivity contribution in [3.05, 3.63) is 35.9 Å². The largest absolute Gasteiger partial charge is 0.193 e. The number of nitrogens with zero attached hydrogens (tertiary/aromatic N) is 1. The lowest BCUT2D eigenvalue weighted by Crippen LogP contribution is -2.08. The van der Waals surface area contributed by atoms with E-state index in [9.17, 15) is 4.48 Å². The molecule has 0 unspecified atom stereocenters. The van der Waals surface area contributed by atoms with Crippen molar-refractivity contribution in [2.75, 3.05) is 0 Å². The highest BCUT2D eigenvalue weighted by molar-refractivity contribution is 7.78. The summed E-state index contributed by atoms with van der Waals surface area (Å²) >= 11 is 4.27. The highest BCUT2D eigenvalue weighted by atomic mass is 32.1. The average Bonchev–Trinajstić information content (AvgIpc) is 2.06. The molecule has 0 aromatic heterocycles. The second-order valence-electron chi connectivity index (χ2n) is 2.10. The van der Waals surface area contributed by atoms with Crippen LogP contribution >= 0.6 is 12.2 Å². The molecule has 1 nitrogen and oxygen atoms in total. The van der Waals surface area contributed by atoms with Crippen molar-refractivity contribution in [1.82, 2.24) is 5.12 Å². The van der Waals surface area contributed by atoms with Gasteiger partial charge in [0.1, 0.15) is 0 Å². The van der Waals surface area contributed by atoms with E-state index in [1.165, 1.54) is 0 Å². The predicted molar refractivity (Wildman–Crippen MR) is 45.7 cm³/mol. The van der Waals surface area contributed by atoms with Crippen LogP contribution in [0.2, 0.25) is 0 Å². The first kappa shape index (κ1) is 8.14. The first-order valence-corrected chi connectivity index (χ1v) is 3.59. The van der Waals surface area contributed by atoms with Gasteiger partial charge in [0.05, 0.1) is 6.54 Å². The topological polar surface area (TPSA) is 3.24 Å². The van der Waals surface area contributed by atoms with E-state index in [1.807, 2.05) is 35.8 Å². The van der Waals surface area contributed by atoms with Crippen LogP contribution < -0.4 is 0 Å². The standard InChI is InChI=1S/C8H7FNS/c9-10(7-11)6-8-4-2-1-3-5-8/h1-5H,6H2. The van der Waals surface area contributed by atoms with Gasteiger partial charge in [0.2, 0.25) is 0 Å². The van der Waals surface area contributed by atoms with Crippen LogP contribution in [0.5, 0.6) is 0 Å². The summed E-state index contributed by atoms with van der Waals surface area (Å²) in [4.78, 5) is 0. The van der Waals surface area contributed by atoms with Gasteiger partial charge in [0.15, 0.2) is 5.49 Å². The molecule has 0 saturated heterocycles. The Morgan fingerprint density at radius 3 is 2.55 bits per heavy atom. The SMILES string of the molecule is FN([C]=S)Cc1ccccc1. The van der Waals surface area contributed by atoms with Crippen LogP contribution in [0.3, 0.4) is 0 Å². The maximum Gasteiger partial charge on any atom is 0.169 e. The maximum atomic E-state index is 12.4. The van der Waals surface area contributed by atoms with Gasteiger partial charge in [-0.25, -0.2) is 0 Å². The number of hydrogen-bond acceptors (Lipinski definition) is 1. The van der Waals surface area contributed by atoms with Crippen molar-refractivity contribution in [3.63, 3.8) is 0 Å². The molecule has 11 heavy (non-hydrogen) atoms. The summed E-state index contributed by atoms with van der Waals surface area (Å²) in [6.45, 7) is 0.171. The Morgan fingerprint density at radius 2 is 2.00 bits per heavy atom. The fourth-order valence-corrected chi connectivity index (χ4v) is 0.841.